The Morgan fingerprint density at radius 1 is 1.50 bits per heavy atom. The number of nitrogens with one attached hydrogen (secondary N) is 1. The van der Waals surface area contributed by atoms with Crippen LogP contribution in [0.25, 0.3) is 0 Å². The molecule has 4 atom stereocenters. The Hall–Kier alpha value is -1.62. The van der Waals surface area contributed by atoms with Gasteiger partial charge in [0.15, 0.2) is 0 Å². The van der Waals surface area contributed by atoms with Crippen LogP contribution in [0.3, 0.4) is 0 Å². The van der Waals surface area contributed by atoms with Gasteiger partial charge in [0, 0.05) is 31.0 Å². The molecule has 3 heterocycles. The zero-order valence-corrected chi connectivity index (χ0v) is 13.7. The van der Waals surface area contributed by atoms with E-state index in [4.69, 9.17) is 4.74 Å². The minimum atomic E-state index is -0.435. The summed E-state index contributed by atoms with van der Waals surface area (Å²) in [4.78, 5) is 18.3. The zero-order chi connectivity index (χ0) is 15.9. The Morgan fingerprint density at radius 2 is 2.27 bits per heavy atom. The van der Waals surface area contributed by atoms with Gasteiger partial charge in [0.25, 0.3) is 0 Å². The molecule has 1 aliphatic carbocycles. The van der Waals surface area contributed by atoms with Gasteiger partial charge in [0.05, 0.1) is 6.04 Å². The summed E-state index contributed by atoms with van der Waals surface area (Å²) in [5, 5.41) is 3.65. The largest absolute Gasteiger partial charge is 0.444 e. The third-order valence-electron chi connectivity index (χ3n) is 4.55. The molecule has 1 amide bonds. The average Bonchev–Trinajstić information content (AvgIpc) is 3.02. The molecule has 2 bridgehead atoms. The van der Waals surface area contributed by atoms with Gasteiger partial charge in [0.2, 0.25) is 0 Å². The van der Waals surface area contributed by atoms with E-state index in [0.29, 0.717) is 12.0 Å². The van der Waals surface area contributed by atoms with E-state index in [1.165, 1.54) is 5.56 Å². The molecule has 4 rings (SSSR count). The number of carbonyl (C=O) groups is 1. The van der Waals surface area contributed by atoms with Crippen molar-refractivity contribution in [2.45, 2.75) is 57.8 Å². The molecule has 3 aliphatic rings. The van der Waals surface area contributed by atoms with Crippen LogP contribution in [0, 0.1) is 5.92 Å². The van der Waals surface area contributed by atoms with Crippen LogP contribution in [0.2, 0.25) is 0 Å². The van der Waals surface area contributed by atoms with Crippen molar-refractivity contribution in [1.82, 2.24) is 15.2 Å². The highest BCUT2D eigenvalue weighted by Gasteiger charge is 2.54. The Balaban J connectivity index is 1.59. The lowest BCUT2D eigenvalue weighted by atomic mass is 9.79. The fraction of sp³-hybridized carbons (Fsp3) is 0.647. The normalized spacial score (nSPS) is 28.2. The van der Waals surface area contributed by atoms with E-state index in [9.17, 15) is 4.79 Å². The molecule has 1 N–H and O–H groups in total. The quantitative estimate of drug-likeness (QED) is 0.933. The molecule has 1 aromatic heterocycles. The monoisotopic (exact) mass is 303 g/mol. The van der Waals surface area contributed by atoms with Gasteiger partial charge in [-0.25, -0.2) is 4.79 Å². The van der Waals surface area contributed by atoms with Crippen molar-refractivity contribution >= 4 is 6.09 Å². The maximum Gasteiger partial charge on any atom is 0.410 e. The molecular formula is C17H25N3O2. The van der Waals surface area contributed by atoms with Gasteiger partial charge in [-0.1, -0.05) is 6.07 Å². The van der Waals surface area contributed by atoms with Gasteiger partial charge < -0.3 is 15.0 Å². The first kappa shape index (κ1) is 15.3. The smallest absolute Gasteiger partial charge is 0.410 e. The second-order valence-corrected chi connectivity index (χ2v) is 7.40. The van der Waals surface area contributed by atoms with Crippen LogP contribution in [-0.4, -0.2) is 40.2 Å². The summed E-state index contributed by atoms with van der Waals surface area (Å²) >= 11 is 0. The Bertz CT molecular complexity index is 541. The molecule has 22 heavy (non-hydrogen) atoms. The number of carbonyl (C=O) groups excluding carboxylic acids is 1. The van der Waals surface area contributed by atoms with E-state index in [-0.39, 0.29) is 18.2 Å². The molecule has 2 saturated heterocycles. The molecule has 5 nitrogen and oxygen atoms in total. The number of amides is 1. The predicted molar refractivity (Wildman–Crippen MR) is 84.4 cm³/mol. The number of pyridine rings is 1. The number of fused-ring (bicyclic) bond motifs is 1. The predicted octanol–water partition coefficient (Wildman–Crippen LogP) is 2.74. The SMILES string of the molecule is CC(NC1C2CC1N(C(=O)OC(C)(C)C)C2)c1cccnc1. The minimum absolute atomic E-state index is 0.182. The highest BCUT2D eigenvalue weighted by atomic mass is 16.6. The lowest BCUT2D eigenvalue weighted by Crippen LogP contribution is -2.54. The van der Waals surface area contributed by atoms with E-state index >= 15 is 0 Å². The van der Waals surface area contributed by atoms with E-state index in [2.05, 4.69) is 23.3 Å². The molecule has 4 unspecified atom stereocenters. The van der Waals surface area contributed by atoms with Crippen LogP contribution in [-0.2, 0) is 4.74 Å². The Morgan fingerprint density at radius 3 is 2.91 bits per heavy atom. The first-order chi connectivity index (χ1) is 10.3. The minimum Gasteiger partial charge on any atom is -0.444 e. The number of aromatic nitrogens is 1. The third kappa shape index (κ3) is 2.95. The van der Waals surface area contributed by atoms with Crippen LogP contribution in [0.4, 0.5) is 4.79 Å². The van der Waals surface area contributed by atoms with Crippen LogP contribution >= 0.6 is 0 Å². The zero-order valence-electron chi connectivity index (χ0n) is 13.7. The van der Waals surface area contributed by atoms with Crippen molar-refractivity contribution < 1.29 is 9.53 Å². The molecule has 3 fully saturated rings. The van der Waals surface area contributed by atoms with E-state index in [1.807, 2.05) is 37.9 Å². The highest BCUT2D eigenvalue weighted by Crippen LogP contribution is 2.42. The summed E-state index contributed by atoms with van der Waals surface area (Å²) in [5.41, 5.74) is 0.744. The number of ether oxygens (including phenoxy) is 1. The van der Waals surface area contributed by atoms with Crippen molar-refractivity contribution in [2.24, 2.45) is 5.92 Å². The molecule has 0 aromatic carbocycles. The summed E-state index contributed by atoms with van der Waals surface area (Å²) in [6, 6.07) is 4.90. The molecule has 5 heteroatoms. The van der Waals surface area contributed by atoms with Crippen molar-refractivity contribution in [3.63, 3.8) is 0 Å². The second kappa shape index (κ2) is 5.54. The molecule has 0 spiro atoms. The van der Waals surface area contributed by atoms with Crippen LogP contribution in [0.15, 0.2) is 24.5 Å². The lowest BCUT2D eigenvalue weighted by molar-refractivity contribution is 0.0220. The molecule has 1 saturated carbocycles. The van der Waals surface area contributed by atoms with Gasteiger partial charge in [0.1, 0.15) is 5.60 Å². The number of hydrogen-bond donors (Lipinski definition) is 1. The molecule has 2 aliphatic heterocycles. The first-order valence-corrected chi connectivity index (χ1v) is 8.01. The van der Waals surface area contributed by atoms with Gasteiger partial charge in [-0.05, 0) is 51.7 Å². The summed E-state index contributed by atoms with van der Waals surface area (Å²) in [6.07, 6.45) is 4.58. The maximum atomic E-state index is 12.3. The van der Waals surface area contributed by atoms with Crippen molar-refractivity contribution in [1.29, 1.82) is 0 Å². The maximum absolute atomic E-state index is 12.3. The number of nitrogens with zero attached hydrogens (tertiary/aromatic N) is 2. The molecule has 1 aromatic rings. The molecule has 120 valence electrons. The van der Waals surface area contributed by atoms with Crippen molar-refractivity contribution in [2.75, 3.05) is 6.54 Å². The summed E-state index contributed by atoms with van der Waals surface area (Å²) in [6.45, 7) is 8.67. The lowest BCUT2D eigenvalue weighted by Gasteiger charge is -2.39. The number of hydrogen-bond acceptors (Lipinski definition) is 4. The second-order valence-electron chi connectivity index (χ2n) is 7.40. The fourth-order valence-electron chi connectivity index (χ4n) is 3.41. The van der Waals surface area contributed by atoms with Gasteiger partial charge in [-0.15, -0.1) is 0 Å². The summed E-state index contributed by atoms with van der Waals surface area (Å²) in [5.74, 6) is 0.539. The average molecular weight is 303 g/mol. The Labute approximate surface area is 132 Å². The van der Waals surface area contributed by atoms with E-state index < -0.39 is 5.60 Å². The Kier molecular flexibility index (Phi) is 3.85. The topological polar surface area (TPSA) is 54.5 Å². The molecular weight excluding hydrogens is 278 g/mol. The van der Waals surface area contributed by atoms with Crippen molar-refractivity contribution in [3.05, 3.63) is 30.1 Å². The van der Waals surface area contributed by atoms with Gasteiger partial charge >= 0.3 is 6.09 Å². The summed E-state index contributed by atoms with van der Waals surface area (Å²) < 4.78 is 5.51. The first-order valence-electron chi connectivity index (χ1n) is 8.01. The van der Waals surface area contributed by atoms with Crippen LogP contribution < -0.4 is 5.32 Å². The van der Waals surface area contributed by atoms with Crippen LogP contribution in [0.5, 0.6) is 0 Å². The highest BCUT2D eigenvalue weighted by molar-refractivity contribution is 5.70. The van der Waals surface area contributed by atoms with E-state index in [0.717, 1.165) is 13.0 Å². The van der Waals surface area contributed by atoms with Crippen molar-refractivity contribution in [3.8, 4) is 0 Å². The van der Waals surface area contributed by atoms with Gasteiger partial charge in [-0.3, -0.25) is 4.98 Å². The third-order valence-corrected chi connectivity index (χ3v) is 4.55. The standard InChI is InChI=1S/C17H25N3O2/c1-11(12-6-5-7-18-9-12)19-15-13-8-14(15)20(10-13)16(21)22-17(2,3)4/h5-7,9,11,13-15,19H,8,10H2,1-4H3. The molecule has 0 radical (unpaired) electrons. The number of rotatable bonds is 3. The summed E-state index contributed by atoms with van der Waals surface area (Å²) in [7, 11) is 0. The van der Waals surface area contributed by atoms with E-state index in [1.54, 1.807) is 6.20 Å². The van der Waals surface area contributed by atoms with Crippen LogP contribution in [0.1, 0.15) is 45.7 Å². The fourth-order valence-corrected chi connectivity index (χ4v) is 3.41. The van der Waals surface area contributed by atoms with Gasteiger partial charge in [-0.2, -0.15) is 0 Å².